The van der Waals surface area contributed by atoms with Gasteiger partial charge in [0.05, 0.1) is 7.11 Å². The summed E-state index contributed by atoms with van der Waals surface area (Å²) in [5.74, 6) is 6.87. The molecule has 2 aromatic rings. The Hall–Kier alpha value is -3.85. The Balaban J connectivity index is 1.94. The molecule has 6 heteroatoms. The number of ether oxygens (including phenoxy) is 2. The molecule has 3 rings (SSSR count). The van der Waals surface area contributed by atoms with Crippen LogP contribution < -0.4 is 4.74 Å². The molecule has 1 aliphatic carbocycles. The van der Waals surface area contributed by atoms with E-state index < -0.39 is 5.97 Å². The Morgan fingerprint density at radius 3 is 2.42 bits per heavy atom. The van der Waals surface area contributed by atoms with Crippen LogP contribution in [-0.4, -0.2) is 30.9 Å². The monoisotopic (exact) mass is 416 g/mol. The van der Waals surface area contributed by atoms with Crippen LogP contribution in [-0.2, 0) is 14.4 Å². The van der Waals surface area contributed by atoms with Gasteiger partial charge >= 0.3 is 5.97 Å². The number of hydrogen-bond donors (Lipinski definition) is 0. The van der Waals surface area contributed by atoms with Crippen molar-refractivity contribution in [1.29, 1.82) is 0 Å². The molecule has 0 aliphatic heterocycles. The van der Waals surface area contributed by atoms with Gasteiger partial charge in [-0.25, -0.2) is 9.78 Å². The van der Waals surface area contributed by atoms with Gasteiger partial charge in [0.2, 0.25) is 5.88 Å². The first-order valence-corrected chi connectivity index (χ1v) is 9.81. The minimum Gasteiger partial charge on any atom is -0.464 e. The largest absolute Gasteiger partial charge is 0.464 e. The average molecular weight is 416 g/mol. The number of carbonyl (C=O) groups is 1. The molecule has 1 heterocycles. The summed E-state index contributed by atoms with van der Waals surface area (Å²) in [5, 5.41) is 3.90. The number of aromatic nitrogens is 1. The zero-order valence-electron chi connectivity index (χ0n) is 18.1. The van der Waals surface area contributed by atoms with E-state index in [1.165, 1.54) is 25.4 Å². The third-order valence-electron chi connectivity index (χ3n) is 4.85. The van der Waals surface area contributed by atoms with Crippen molar-refractivity contribution < 1.29 is 19.1 Å². The van der Waals surface area contributed by atoms with Crippen molar-refractivity contribution in [2.24, 2.45) is 5.16 Å². The van der Waals surface area contributed by atoms with Crippen molar-refractivity contribution in [3.63, 3.8) is 0 Å². The van der Waals surface area contributed by atoms with Crippen LogP contribution in [0, 0.1) is 11.8 Å². The Kier molecular flexibility index (Phi) is 7.23. The fourth-order valence-corrected chi connectivity index (χ4v) is 3.09. The SMILES string of the molecule is CO/N=C(/C(=O)OC)C1=C(C#Cc2cccc(Oc3ccccc3)n2)CC(C)=C(C)C1. The minimum atomic E-state index is -0.556. The zero-order valence-corrected chi connectivity index (χ0v) is 18.1. The Morgan fingerprint density at radius 2 is 1.71 bits per heavy atom. The quantitative estimate of drug-likeness (QED) is 0.230. The second-order valence-corrected chi connectivity index (χ2v) is 7.01. The molecule has 0 bridgehead atoms. The molecule has 0 radical (unpaired) electrons. The maximum Gasteiger partial charge on any atom is 0.360 e. The standard InChI is InChI=1S/C25H24N2O4/c1-17-15-19(22(16-18(17)2)24(27-30-4)25(28)29-3)13-14-20-9-8-12-23(26-20)31-21-10-6-5-7-11-21/h5-12H,15-16H2,1-4H3/b27-24+. The topological polar surface area (TPSA) is 70.0 Å². The average Bonchev–Trinajstić information content (AvgIpc) is 2.78. The summed E-state index contributed by atoms with van der Waals surface area (Å²) >= 11 is 0. The van der Waals surface area contributed by atoms with Gasteiger partial charge in [-0.3, -0.25) is 0 Å². The molecular formula is C25H24N2O4. The van der Waals surface area contributed by atoms with Gasteiger partial charge in [-0.05, 0) is 44.4 Å². The molecule has 1 aromatic carbocycles. The van der Waals surface area contributed by atoms with E-state index in [0.29, 0.717) is 35.7 Å². The summed E-state index contributed by atoms with van der Waals surface area (Å²) in [6, 6.07) is 14.9. The first-order valence-electron chi connectivity index (χ1n) is 9.81. The van der Waals surface area contributed by atoms with Crippen molar-refractivity contribution in [2.75, 3.05) is 14.2 Å². The zero-order chi connectivity index (χ0) is 22.2. The predicted octanol–water partition coefficient (Wildman–Crippen LogP) is 4.83. The third kappa shape index (κ3) is 5.61. The van der Waals surface area contributed by atoms with Crippen molar-refractivity contribution in [3.05, 3.63) is 76.5 Å². The molecular weight excluding hydrogens is 392 g/mol. The van der Waals surface area contributed by atoms with Gasteiger partial charge in [-0.1, -0.05) is 46.5 Å². The van der Waals surface area contributed by atoms with E-state index in [0.717, 1.165) is 5.57 Å². The fraction of sp³-hybridized carbons (Fsp3) is 0.240. The van der Waals surface area contributed by atoms with Crippen molar-refractivity contribution in [2.45, 2.75) is 26.7 Å². The van der Waals surface area contributed by atoms with Gasteiger partial charge in [0.15, 0.2) is 5.71 Å². The van der Waals surface area contributed by atoms with E-state index in [2.05, 4.69) is 28.9 Å². The van der Waals surface area contributed by atoms with Crippen LogP contribution >= 0.6 is 0 Å². The normalized spacial score (nSPS) is 14.0. The molecule has 0 fully saturated rings. The summed E-state index contributed by atoms with van der Waals surface area (Å²) in [6.07, 6.45) is 1.17. The number of pyridine rings is 1. The van der Waals surface area contributed by atoms with Crippen LogP contribution in [0.25, 0.3) is 0 Å². The lowest BCUT2D eigenvalue weighted by molar-refractivity contribution is -0.132. The van der Waals surface area contributed by atoms with Crippen LogP contribution in [0.5, 0.6) is 11.6 Å². The lowest BCUT2D eigenvalue weighted by Gasteiger charge is -2.20. The van der Waals surface area contributed by atoms with E-state index >= 15 is 0 Å². The van der Waals surface area contributed by atoms with Gasteiger partial charge < -0.3 is 14.3 Å². The maximum atomic E-state index is 12.3. The van der Waals surface area contributed by atoms with Gasteiger partial charge in [0, 0.05) is 23.6 Å². The second-order valence-electron chi connectivity index (χ2n) is 7.01. The molecule has 1 aliphatic rings. The molecule has 0 spiro atoms. The number of allylic oxidation sites excluding steroid dienone is 3. The van der Waals surface area contributed by atoms with Crippen molar-refractivity contribution in [1.82, 2.24) is 4.98 Å². The maximum absolute atomic E-state index is 12.3. The number of methoxy groups -OCH3 is 1. The molecule has 6 nitrogen and oxygen atoms in total. The van der Waals surface area contributed by atoms with Crippen LogP contribution in [0.15, 0.2) is 76.0 Å². The lowest BCUT2D eigenvalue weighted by atomic mass is 9.85. The summed E-state index contributed by atoms with van der Waals surface area (Å²) in [6.45, 7) is 4.10. The first kappa shape index (κ1) is 21.8. The highest BCUT2D eigenvalue weighted by Crippen LogP contribution is 2.30. The fourth-order valence-electron chi connectivity index (χ4n) is 3.09. The molecule has 0 saturated heterocycles. The van der Waals surface area contributed by atoms with Crippen LogP contribution in [0.2, 0.25) is 0 Å². The van der Waals surface area contributed by atoms with Crippen LogP contribution in [0.1, 0.15) is 32.4 Å². The predicted molar refractivity (Wildman–Crippen MR) is 119 cm³/mol. The van der Waals surface area contributed by atoms with E-state index in [-0.39, 0.29) is 5.71 Å². The highest BCUT2D eigenvalue weighted by molar-refractivity contribution is 6.43. The number of nitrogens with zero attached hydrogens (tertiary/aromatic N) is 2. The molecule has 31 heavy (non-hydrogen) atoms. The number of hydrogen-bond acceptors (Lipinski definition) is 6. The molecule has 0 saturated carbocycles. The van der Waals surface area contributed by atoms with Gasteiger partial charge in [0.25, 0.3) is 0 Å². The smallest absolute Gasteiger partial charge is 0.360 e. The number of carbonyl (C=O) groups excluding carboxylic acids is 1. The van der Waals surface area contributed by atoms with Gasteiger partial charge in [0.1, 0.15) is 18.6 Å². The van der Waals surface area contributed by atoms with E-state index in [4.69, 9.17) is 14.3 Å². The van der Waals surface area contributed by atoms with E-state index in [9.17, 15) is 4.79 Å². The molecule has 0 N–H and O–H groups in total. The summed E-state index contributed by atoms with van der Waals surface area (Å²) in [4.78, 5) is 21.6. The molecule has 158 valence electrons. The Labute approximate surface area is 182 Å². The third-order valence-corrected chi connectivity index (χ3v) is 4.85. The number of para-hydroxylation sites is 1. The number of oxime groups is 1. The van der Waals surface area contributed by atoms with Crippen molar-refractivity contribution in [3.8, 4) is 23.5 Å². The van der Waals surface area contributed by atoms with E-state index in [1.807, 2.05) is 49.4 Å². The highest BCUT2D eigenvalue weighted by atomic mass is 16.6. The number of rotatable bonds is 5. The molecule has 0 unspecified atom stereocenters. The Morgan fingerprint density at radius 1 is 0.968 bits per heavy atom. The Bertz CT molecular complexity index is 1120. The number of benzene rings is 1. The summed E-state index contributed by atoms with van der Waals surface area (Å²) in [5.41, 5.74) is 4.58. The van der Waals surface area contributed by atoms with Gasteiger partial charge in [-0.2, -0.15) is 0 Å². The lowest BCUT2D eigenvalue weighted by Crippen LogP contribution is -2.22. The highest BCUT2D eigenvalue weighted by Gasteiger charge is 2.25. The molecule has 0 amide bonds. The number of esters is 1. The van der Waals surface area contributed by atoms with Crippen LogP contribution in [0.3, 0.4) is 0 Å². The minimum absolute atomic E-state index is 0.135. The summed E-state index contributed by atoms with van der Waals surface area (Å²) in [7, 11) is 2.71. The molecule has 1 aromatic heterocycles. The summed E-state index contributed by atoms with van der Waals surface area (Å²) < 4.78 is 10.7. The first-order chi connectivity index (χ1) is 15.0. The van der Waals surface area contributed by atoms with Crippen LogP contribution in [0.4, 0.5) is 0 Å². The van der Waals surface area contributed by atoms with Gasteiger partial charge in [-0.15, -0.1) is 0 Å². The molecule has 0 atom stereocenters. The van der Waals surface area contributed by atoms with E-state index in [1.54, 1.807) is 6.07 Å². The van der Waals surface area contributed by atoms with Crippen molar-refractivity contribution >= 4 is 11.7 Å². The second kappa shape index (κ2) is 10.3.